The topological polar surface area (TPSA) is 29.1 Å². The van der Waals surface area contributed by atoms with Crippen LogP contribution in [0.25, 0.3) is 0 Å². The van der Waals surface area contributed by atoms with Crippen LogP contribution in [0.2, 0.25) is 0 Å². The maximum atomic E-state index is 12.7. The molecule has 0 radical (unpaired) electrons. The Morgan fingerprint density at radius 3 is 2.67 bits per heavy atom. The summed E-state index contributed by atoms with van der Waals surface area (Å²) >= 11 is 0. The van der Waals surface area contributed by atoms with E-state index in [1.165, 1.54) is 29.5 Å². The Labute approximate surface area is 132 Å². The van der Waals surface area contributed by atoms with Crippen molar-refractivity contribution in [2.45, 2.75) is 64.2 Å². The molecular formula is C18H29NOS. The molecule has 1 saturated carbocycles. The quantitative estimate of drug-likeness (QED) is 0.824. The molecule has 0 saturated heterocycles. The summed E-state index contributed by atoms with van der Waals surface area (Å²) in [4.78, 5) is 0. The van der Waals surface area contributed by atoms with E-state index in [9.17, 15) is 4.21 Å². The summed E-state index contributed by atoms with van der Waals surface area (Å²) in [5.41, 5.74) is 3.91. The smallest absolute Gasteiger partial charge is 0.0439 e. The lowest BCUT2D eigenvalue weighted by molar-refractivity contribution is 0.564. The molecule has 0 heterocycles. The third-order valence-electron chi connectivity index (χ3n) is 4.46. The second kappa shape index (κ2) is 8.09. The summed E-state index contributed by atoms with van der Waals surface area (Å²) in [6, 6.07) is 6.83. The number of nitrogens with one attached hydrogen (secondary N) is 1. The monoisotopic (exact) mass is 307 g/mol. The van der Waals surface area contributed by atoms with Gasteiger partial charge in [0.25, 0.3) is 0 Å². The van der Waals surface area contributed by atoms with Crippen LogP contribution in [0, 0.1) is 13.8 Å². The molecule has 1 aromatic rings. The highest BCUT2D eigenvalue weighted by Crippen LogP contribution is 2.27. The lowest BCUT2D eigenvalue weighted by Gasteiger charge is -2.22. The number of hydrogen-bond donors (Lipinski definition) is 1. The van der Waals surface area contributed by atoms with Crippen molar-refractivity contribution in [3.8, 4) is 0 Å². The van der Waals surface area contributed by atoms with Crippen molar-refractivity contribution < 1.29 is 4.21 Å². The highest BCUT2D eigenvalue weighted by molar-refractivity contribution is 7.85. The molecule has 0 aromatic heterocycles. The van der Waals surface area contributed by atoms with E-state index < -0.39 is 10.8 Å². The van der Waals surface area contributed by atoms with Crippen molar-refractivity contribution in [3.63, 3.8) is 0 Å². The molecule has 1 aliphatic rings. The Hall–Kier alpha value is -0.670. The highest BCUT2D eigenvalue weighted by atomic mass is 32.2. The standard InChI is InChI=1S/C18H29NOS/c1-4-11-19-18(13-21(20)16-7-5-6-8-16)17-12-14(2)9-10-15(17)3/h9-10,12,16,18-19H,4-8,11,13H2,1-3H3. The predicted octanol–water partition coefficient (Wildman–Crippen LogP) is 4.04. The van der Waals surface area contributed by atoms with Crippen molar-refractivity contribution in [3.05, 3.63) is 34.9 Å². The molecule has 2 atom stereocenters. The highest BCUT2D eigenvalue weighted by Gasteiger charge is 2.25. The molecule has 3 heteroatoms. The zero-order valence-electron chi connectivity index (χ0n) is 13.7. The van der Waals surface area contributed by atoms with Crippen LogP contribution < -0.4 is 5.32 Å². The van der Waals surface area contributed by atoms with Crippen LogP contribution in [-0.2, 0) is 10.8 Å². The van der Waals surface area contributed by atoms with Crippen molar-refractivity contribution >= 4 is 10.8 Å². The van der Waals surface area contributed by atoms with Gasteiger partial charge in [0, 0.05) is 27.8 Å². The number of rotatable bonds is 7. The Bertz CT molecular complexity index is 480. The van der Waals surface area contributed by atoms with Gasteiger partial charge in [0.1, 0.15) is 0 Å². The molecule has 118 valence electrons. The van der Waals surface area contributed by atoms with Crippen molar-refractivity contribution in [1.82, 2.24) is 5.32 Å². The summed E-state index contributed by atoms with van der Waals surface area (Å²) < 4.78 is 12.7. The summed E-state index contributed by atoms with van der Waals surface area (Å²) in [5, 5.41) is 4.05. The molecule has 2 unspecified atom stereocenters. The molecule has 0 spiro atoms. The van der Waals surface area contributed by atoms with E-state index in [1.807, 2.05) is 0 Å². The van der Waals surface area contributed by atoms with Gasteiger partial charge in [0.05, 0.1) is 0 Å². The van der Waals surface area contributed by atoms with Crippen LogP contribution in [0.5, 0.6) is 0 Å². The lowest BCUT2D eigenvalue weighted by Crippen LogP contribution is -2.30. The fourth-order valence-electron chi connectivity index (χ4n) is 3.16. The van der Waals surface area contributed by atoms with Gasteiger partial charge in [-0.05, 0) is 50.8 Å². The van der Waals surface area contributed by atoms with E-state index in [2.05, 4.69) is 44.3 Å². The van der Waals surface area contributed by atoms with E-state index in [0.717, 1.165) is 31.6 Å². The van der Waals surface area contributed by atoms with E-state index >= 15 is 0 Å². The van der Waals surface area contributed by atoms with Gasteiger partial charge < -0.3 is 5.32 Å². The summed E-state index contributed by atoms with van der Waals surface area (Å²) in [6.07, 6.45) is 5.93. The number of benzene rings is 1. The first-order valence-corrected chi connectivity index (χ1v) is 9.67. The second-order valence-corrected chi connectivity index (χ2v) is 8.08. The molecular weight excluding hydrogens is 278 g/mol. The molecule has 1 aliphatic carbocycles. The van der Waals surface area contributed by atoms with Gasteiger partial charge >= 0.3 is 0 Å². The first-order valence-electron chi connectivity index (χ1n) is 8.29. The van der Waals surface area contributed by atoms with Crippen molar-refractivity contribution in [2.24, 2.45) is 0 Å². The Morgan fingerprint density at radius 2 is 2.00 bits per heavy atom. The summed E-state index contributed by atoms with van der Waals surface area (Å²) in [5.74, 6) is 0.759. The molecule has 1 N–H and O–H groups in total. The summed E-state index contributed by atoms with van der Waals surface area (Å²) in [6.45, 7) is 7.46. The molecule has 2 rings (SSSR count). The first-order chi connectivity index (χ1) is 10.1. The van der Waals surface area contributed by atoms with Gasteiger partial charge in [-0.1, -0.05) is 43.5 Å². The van der Waals surface area contributed by atoms with Crippen LogP contribution in [0.1, 0.15) is 61.8 Å². The van der Waals surface area contributed by atoms with Crippen molar-refractivity contribution in [2.75, 3.05) is 12.3 Å². The molecule has 21 heavy (non-hydrogen) atoms. The third-order valence-corrected chi connectivity index (χ3v) is 6.33. The predicted molar refractivity (Wildman–Crippen MR) is 92.2 cm³/mol. The van der Waals surface area contributed by atoms with Crippen LogP contribution in [-0.4, -0.2) is 21.8 Å². The largest absolute Gasteiger partial charge is 0.309 e. The van der Waals surface area contributed by atoms with Crippen LogP contribution in [0.15, 0.2) is 18.2 Å². The Kier molecular flexibility index (Phi) is 6.43. The van der Waals surface area contributed by atoms with E-state index in [4.69, 9.17) is 0 Å². The average molecular weight is 308 g/mol. The lowest BCUT2D eigenvalue weighted by atomic mass is 10.00. The molecule has 1 fully saturated rings. The minimum atomic E-state index is -0.707. The maximum absolute atomic E-state index is 12.7. The Balaban J connectivity index is 2.13. The molecule has 0 amide bonds. The Morgan fingerprint density at radius 1 is 1.29 bits per heavy atom. The SMILES string of the molecule is CCCNC(CS(=O)C1CCCC1)c1cc(C)ccc1C. The van der Waals surface area contributed by atoms with Gasteiger partial charge in [0.2, 0.25) is 0 Å². The average Bonchev–Trinajstić information content (AvgIpc) is 3.00. The first kappa shape index (κ1) is 16.7. The number of aryl methyl sites for hydroxylation is 2. The van der Waals surface area contributed by atoms with Crippen LogP contribution >= 0.6 is 0 Å². The van der Waals surface area contributed by atoms with E-state index in [-0.39, 0.29) is 6.04 Å². The molecule has 2 nitrogen and oxygen atoms in total. The van der Waals surface area contributed by atoms with Gasteiger partial charge in [-0.25, -0.2) is 0 Å². The fraction of sp³-hybridized carbons (Fsp3) is 0.667. The van der Waals surface area contributed by atoms with Gasteiger partial charge in [-0.15, -0.1) is 0 Å². The van der Waals surface area contributed by atoms with E-state index in [1.54, 1.807) is 0 Å². The van der Waals surface area contributed by atoms with Gasteiger partial charge in [-0.3, -0.25) is 4.21 Å². The normalized spacial score (nSPS) is 18.8. The van der Waals surface area contributed by atoms with Crippen LogP contribution in [0.3, 0.4) is 0 Å². The van der Waals surface area contributed by atoms with Crippen molar-refractivity contribution in [1.29, 1.82) is 0 Å². The minimum Gasteiger partial charge on any atom is -0.309 e. The zero-order valence-corrected chi connectivity index (χ0v) is 14.5. The van der Waals surface area contributed by atoms with Gasteiger partial charge in [0.15, 0.2) is 0 Å². The zero-order chi connectivity index (χ0) is 15.2. The van der Waals surface area contributed by atoms with E-state index in [0.29, 0.717) is 5.25 Å². The molecule has 0 aliphatic heterocycles. The minimum absolute atomic E-state index is 0.228. The van der Waals surface area contributed by atoms with Gasteiger partial charge in [-0.2, -0.15) is 0 Å². The third kappa shape index (κ3) is 4.65. The fourth-order valence-corrected chi connectivity index (χ4v) is 4.92. The maximum Gasteiger partial charge on any atom is 0.0439 e. The molecule has 0 bridgehead atoms. The second-order valence-electron chi connectivity index (χ2n) is 6.32. The van der Waals surface area contributed by atoms with Crippen LogP contribution in [0.4, 0.5) is 0 Å². The number of hydrogen-bond acceptors (Lipinski definition) is 2. The summed E-state index contributed by atoms with van der Waals surface area (Å²) in [7, 11) is -0.707. The molecule has 1 aromatic carbocycles.